The summed E-state index contributed by atoms with van der Waals surface area (Å²) in [6, 6.07) is 12.6. The molecule has 0 aliphatic heterocycles. The fraction of sp³-hybridized carbons (Fsp3) is 0.565. The van der Waals surface area contributed by atoms with Gasteiger partial charge in [0.25, 0.3) is 0 Å². The molecule has 4 aliphatic rings. The SMILES string of the molecule is CC(N)(CO)c1ccc2cc(OC3C4CC5CC(C4)CC3C5)ccc2c1. The molecule has 0 radical (unpaired) electrons. The maximum Gasteiger partial charge on any atom is 0.120 e. The van der Waals surface area contributed by atoms with Crippen LogP contribution < -0.4 is 10.5 Å². The summed E-state index contributed by atoms with van der Waals surface area (Å²) in [5.74, 6) is 4.49. The lowest BCUT2D eigenvalue weighted by atomic mass is 9.55. The summed E-state index contributed by atoms with van der Waals surface area (Å²) in [5, 5.41) is 11.8. The highest BCUT2D eigenvalue weighted by atomic mass is 16.5. The summed E-state index contributed by atoms with van der Waals surface area (Å²) < 4.78 is 6.55. The summed E-state index contributed by atoms with van der Waals surface area (Å²) in [5.41, 5.74) is 6.43. The van der Waals surface area contributed by atoms with E-state index < -0.39 is 5.54 Å². The van der Waals surface area contributed by atoms with Gasteiger partial charge in [0, 0.05) is 0 Å². The predicted octanol–water partition coefficient (Wildman–Crippen LogP) is 4.21. The molecular weight excluding hydrogens is 322 g/mol. The molecule has 26 heavy (non-hydrogen) atoms. The minimum Gasteiger partial charge on any atom is -0.490 e. The third-order valence-corrected chi connectivity index (χ3v) is 7.21. The Labute approximate surface area is 155 Å². The van der Waals surface area contributed by atoms with Crippen LogP contribution in [0.1, 0.15) is 44.6 Å². The second-order valence-electron chi connectivity index (χ2n) is 9.31. The molecule has 1 unspecified atom stereocenters. The lowest BCUT2D eigenvalue weighted by Gasteiger charge is -2.53. The van der Waals surface area contributed by atoms with Crippen molar-refractivity contribution in [3.63, 3.8) is 0 Å². The van der Waals surface area contributed by atoms with E-state index in [2.05, 4.69) is 30.3 Å². The van der Waals surface area contributed by atoms with E-state index in [4.69, 9.17) is 10.5 Å². The first-order valence-corrected chi connectivity index (χ1v) is 10.1. The number of hydrogen-bond acceptors (Lipinski definition) is 3. The van der Waals surface area contributed by atoms with Crippen molar-refractivity contribution < 1.29 is 9.84 Å². The zero-order chi connectivity index (χ0) is 17.9. The average Bonchev–Trinajstić information content (AvgIpc) is 2.63. The number of hydrogen-bond donors (Lipinski definition) is 2. The van der Waals surface area contributed by atoms with Gasteiger partial charge in [-0.3, -0.25) is 0 Å². The molecule has 4 bridgehead atoms. The molecule has 0 amide bonds. The fourth-order valence-corrected chi connectivity index (χ4v) is 5.97. The maximum absolute atomic E-state index is 9.50. The van der Waals surface area contributed by atoms with Gasteiger partial charge in [-0.15, -0.1) is 0 Å². The zero-order valence-corrected chi connectivity index (χ0v) is 15.5. The second-order valence-corrected chi connectivity index (χ2v) is 9.31. The van der Waals surface area contributed by atoms with Crippen molar-refractivity contribution in [3.05, 3.63) is 42.0 Å². The Balaban J connectivity index is 1.39. The summed E-state index contributed by atoms with van der Waals surface area (Å²) in [7, 11) is 0. The normalized spacial score (nSPS) is 34.8. The van der Waals surface area contributed by atoms with E-state index in [1.807, 2.05) is 13.0 Å². The Bertz CT molecular complexity index is 800. The molecule has 1 atom stereocenters. The molecule has 0 aromatic heterocycles. The number of aliphatic hydroxyl groups excluding tert-OH is 1. The van der Waals surface area contributed by atoms with Gasteiger partial charge >= 0.3 is 0 Å². The molecule has 6 rings (SSSR count). The molecule has 4 saturated carbocycles. The lowest BCUT2D eigenvalue weighted by molar-refractivity contribution is -0.0789. The minimum atomic E-state index is -0.705. The topological polar surface area (TPSA) is 55.5 Å². The van der Waals surface area contributed by atoms with Crippen LogP contribution >= 0.6 is 0 Å². The van der Waals surface area contributed by atoms with Gasteiger partial charge in [-0.25, -0.2) is 0 Å². The molecule has 4 fully saturated rings. The number of rotatable bonds is 4. The minimum absolute atomic E-state index is 0.0633. The first-order valence-electron chi connectivity index (χ1n) is 10.1. The van der Waals surface area contributed by atoms with Crippen molar-refractivity contribution in [2.45, 2.75) is 50.7 Å². The number of nitrogens with two attached hydrogens (primary N) is 1. The molecule has 2 aromatic rings. The van der Waals surface area contributed by atoms with Crippen LogP contribution in [-0.2, 0) is 5.54 Å². The monoisotopic (exact) mass is 351 g/mol. The molecule has 3 heteroatoms. The van der Waals surface area contributed by atoms with Crippen LogP contribution in [0.4, 0.5) is 0 Å². The molecule has 0 saturated heterocycles. The van der Waals surface area contributed by atoms with Crippen molar-refractivity contribution >= 4 is 10.8 Å². The molecule has 138 valence electrons. The van der Waals surface area contributed by atoms with E-state index >= 15 is 0 Å². The van der Waals surface area contributed by atoms with Crippen molar-refractivity contribution in [2.75, 3.05) is 6.61 Å². The van der Waals surface area contributed by atoms with Gasteiger partial charge in [-0.1, -0.05) is 18.2 Å². The van der Waals surface area contributed by atoms with Crippen LogP contribution in [0.3, 0.4) is 0 Å². The largest absolute Gasteiger partial charge is 0.490 e. The van der Waals surface area contributed by atoms with Gasteiger partial charge in [0.1, 0.15) is 11.9 Å². The van der Waals surface area contributed by atoms with E-state index in [0.717, 1.165) is 40.4 Å². The van der Waals surface area contributed by atoms with E-state index in [-0.39, 0.29) is 6.61 Å². The van der Waals surface area contributed by atoms with Crippen LogP contribution in [-0.4, -0.2) is 17.8 Å². The number of ether oxygens (including phenoxy) is 1. The first-order chi connectivity index (χ1) is 12.5. The molecule has 4 aliphatic carbocycles. The third-order valence-electron chi connectivity index (χ3n) is 7.21. The van der Waals surface area contributed by atoms with Crippen molar-refractivity contribution in [3.8, 4) is 5.75 Å². The fourth-order valence-electron chi connectivity index (χ4n) is 5.97. The van der Waals surface area contributed by atoms with E-state index in [9.17, 15) is 5.11 Å². The number of fused-ring (bicyclic) bond motifs is 1. The van der Waals surface area contributed by atoms with Crippen molar-refractivity contribution in [1.82, 2.24) is 0 Å². The first kappa shape index (κ1) is 16.6. The molecule has 2 aromatic carbocycles. The molecule has 0 spiro atoms. The maximum atomic E-state index is 9.50. The number of aliphatic hydroxyl groups is 1. The van der Waals surface area contributed by atoms with Crippen LogP contribution in [0, 0.1) is 23.7 Å². The second kappa shape index (κ2) is 5.97. The van der Waals surface area contributed by atoms with Gasteiger partial charge in [0.05, 0.1) is 12.1 Å². The van der Waals surface area contributed by atoms with E-state index in [1.165, 1.54) is 37.5 Å². The van der Waals surface area contributed by atoms with E-state index in [0.29, 0.717) is 6.10 Å². The number of benzene rings is 2. The van der Waals surface area contributed by atoms with E-state index in [1.54, 1.807) is 0 Å². The quantitative estimate of drug-likeness (QED) is 0.867. The predicted molar refractivity (Wildman–Crippen MR) is 104 cm³/mol. The smallest absolute Gasteiger partial charge is 0.120 e. The van der Waals surface area contributed by atoms with Gasteiger partial charge in [0.2, 0.25) is 0 Å². The Morgan fingerprint density at radius 3 is 2.23 bits per heavy atom. The average molecular weight is 351 g/mol. The lowest BCUT2D eigenvalue weighted by Crippen LogP contribution is -2.50. The molecule has 3 nitrogen and oxygen atoms in total. The Hall–Kier alpha value is -1.58. The van der Waals surface area contributed by atoms with Crippen LogP contribution in [0.15, 0.2) is 36.4 Å². The standard InChI is InChI=1S/C23H29NO2/c1-23(24,13-25)20-4-2-17-12-21(5-3-16(17)11-20)26-22-18-7-14-6-15(9-18)10-19(22)8-14/h2-5,11-12,14-15,18-19,22,25H,6-10,13,24H2,1H3. The summed E-state index contributed by atoms with van der Waals surface area (Å²) in [6.45, 7) is 1.80. The molecule has 3 N–H and O–H groups in total. The van der Waals surface area contributed by atoms with Gasteiger partial charge in [-0.2, -0.15) is 0 Å². The Morgan fingerprint density at radius 2 is 1.58 bits per heavy atom. The third kappa shape index (κ3) is 2.73. The highest BCUT2D eigenvalue weighted by Gasteiger charge is 2.49. The summed E-state index contributed by atoms with van der Waals surface area (Å²) >= 11 is 0. The Morgan fingerprint density at radius 1 is 0.962 bits per heavy atom. The van der Waals surface area contributed by atoms with Gasteiger partial charge < -0.3 is 15.6 Å². The van der Waals surface area contributed by atoms with Crippen LogP contribution in [0.2, 0.25) is 0 Å². The zero-order valence-electron chi connectivity index (χ0n) is 15.5. The van der Waals surface area contributed by atoms with Crippen molar-refractivity contribution in [1.29, 1.82) is 0 Å². The Kier molecular flexibility index (Phi) is 3.81. The highest BCUT2D eigenvalue weighted by molar-refractivity contribution is 5.84. The molecule has 0 heterocycles. The highest BCUT2D eigenvalue weighted by Crippen LogP contribution is 2.54. The van der Waals surface area contributed by atoms with Gasteiger partial charge in [0.15, 0.2) is 0 Å². The van der Waals surface area contributed by atoms with Crippen LogP contribution in [0.25, 0.3) is 10.8 Å². The molecular formula is C23H29NO2. The summed E-state index contributed by atoms with van der Waals surface area (Å²) in [6.07, 6.45) is 7.42. The van der Waals surface area contributed by atoms with Gasteiger partial charge in [-0.05, 0) is 97.2 Å². The summed E-state index contributed by atoms with van der Waals surface area (Å²) in [4.78, 5) is 0. The van der Waals surface area contributed by atoms with Crippen molar-refractivity contribution in [2.24, 2.45) is 29.4 Å². The van der Waals surface area contributed by atoms with Crippen LogP contribution in [0.5, 0.6) is 5.75 Å².